The fourth-order valence-corrected chi connectivity index (χ4v) is 2.83. The van der Waals surface area contributed by atoms with Crippen LogP contribution < -0.4 is 5.56 Å². The summed E-state index contributed by atoms with van der Waals surface area (Å²) in [6.45, 7) is 1.09. The first-order chi connectivity index (χ1) is 9.38. The van der Waals surface area contributed by atoms with Gasteiger partial charge in [0.2, 0.25) is 15.9 Å². The molecule has 0 spiro atoms. The van der Waals surface area contributed by atoms with E-state index in [9.17, 15) is 18.0 Å². The van der Waals surface area contributed by atoms with E-state index in [1.165, 1.54) is 22.6 Å². The molecule has 110 valence electrons. The quantitative estimate of drug-likeness (QED) is 0.666. The molecule has 0 bridgehead atoms. The first kappa shape index (κ1) is 14.7. The third-order valence-electron chi connectivity index (χ3n) is 3.13. The Morgan fingerprint density at radius 1 is 1.30 bits per heavy atom. The van der Waals surface area contributed by atoms with Crippen LogP contribution in [-0.4, -0.2) is 65.7 Å². The molecule has 1 aliphatic heterocycles. The minimum absolute atomic E-state index is 0.126. The van der Waals surface area contributed by atoms with Crippen LogP contribution >= 0.6 is 0 Å². The highest BCUT2D eigenvalue weighted by atomic mass is 32.2. The van der Waals surface area contributed by atoms with E-state index in [1.807, 2.05) is 0 Å². The molecular formula is C11H16N4O4S. The first-order valence-corrected chi connectivity index (χ1v) is 7.98. The van der Waals surface area contributed by atoms with Gasteiger partial charge in [0.15, 0.2) is 0 Å². The standard InChI is InChI=1S/C11H16N4O4S/c1-20(18,19)14-7-5-13(6-8-14)11(17)9-15-10(16)3-2-4-12-15/h2-4H,5-9H2,1H3. The SMILES string of the molecule is CS(=O)(=O)N1CCN(C(=O)Cn2ncccc2=O)CC1. The molecule has 0 aliphatic carbocycles. The molecule has 0 unspecified atom stereocenters. The van der Waals surface area contributed by atoms with Crippen LogP contribution in [-0.2, 0) is 21.4 Å². The number of carbonyl (C=O) groups is 1. The third kappa shape index (κ3) is 3.42. The van der Waals surface area contributed by atoms with Crippen LogP contribution in [0.2, 0.25) is 0 Å². The maximum absolute atomic E-state index is 12.0. The molecule has 9 heteroatoms. The van der Waals surface area contributed by atoms with Gasteiger partial charge in [-0.05, 0) is 6.07 Å². The molecule has 20 heavy (non-hydrogen) atoms. The van der Waals surface area contributed by atoms with Crippen molar-refractivity contribution in [1.29, 1.82) is 0 Å². The lowest BCUT2D eigenvalue weighted by Gasteiger charge is -2.33. The monoisotopic (exact) mass is 300 g/mol. The minimum atomic E-state index is -3.21. The van der Waals surface area contributed by atoms with Crippen LogP contribution in [0.4, 0.5) is 0 Å². The summed E-state index contributed by atoms with van der Waals surface area (Å²) >= 11 is 0. The normalized spacial score (nSPS) is 17.1. The van der Waals surface area contributed by atoms with E-state index in [1.54, 1.807) is 4.90 Å². The molecule has 8 nitrogen and oxygen atoms in total. The Morgan fingerprint density at radius 2 is 1.95 bits per heavy atom. The second-order valence-corrected chi connectivity index (χ2v) is 6.54. The molecule has 2 rings (SSSR count). The highest BCUT2D eigenvalue weighted by Crippen LogP contribution is 2.06. The van der Waals surface area contributed by atoms with Crippen molar-refractivity contribution in [2.45, 2.75) is 6.54 Å². The average Bonchev–Trinajstić information content (AvgIpc) is 2.40. The van der Waals surface area contributed by atoms with Gasteiger partial charge in [0.05, 0.1) is 6.26 Å². The van der Waals surface area contributed by atoms with Gasteiger partial charge in [-0.2, -0.15) is 9.40 Å². The molecular weight excluding hydrogens is 284 g/mol. The van der Waals surface area contributed by atoms with Crippen LogP contribution in [0.5, 0.6) is 0 Å². The Hall–Kier alpha value is -1.74. The smallest absolute Gasteiger partial charge is 0.267 e. The van der Waals surface area contributed by atoms with Gasteiger partial charge in [-0.15, -0.1) is 0 Å². The zero-order valence-corrected chi connectivity index (χ0v) is 11.9. The van der Waals surface area contributed by atoms with Gasteiger partial charge in [0.1, 0.15) is 6.54 Å². The molecule has 0 N–H and O–H groups in total. The molecule has 2 heterocycles. The predicted octanol–water partition coefficient (Wildman–Crippen LogP) is -1.65. The Morgan fingerprint density at radius 3 is 2.50 bits per heavy atom. The number of piperazine rings is 1. The summed E-state index contributed by atoms with van der Waals surface area (Å²) in [6, 6.07) is 2.84. The second-order valence-electron chi connectivity index (χ2n) is 4.56. The number of amides is 1. The highest BCUT2D eigenvalue weighted by Gasteiger charge is 2.26. The second kappa shape index (κ2) is 5.71. The van der Waals surface area contributed by atoms with Gasteiger partial charge in [-0.1, -0.05) is 0 Å². The lowest BCUT2D eigenvalue weighted by Crippen LogP contribution is -2.51. The Bertz CT molecular complexity index is 646. The van der Waals surface area contributed by atoms with E-state index in [2.05, 4.69) is 5.10 Å². The minimum Gasteiger partial charge on any atom is -0.338 e. The zero-order chi connectivity index (χ0) is 14.8. The number of hydrogen-bond donors (Lipinski definition) is 0. The largest absolute Gasteiger partial charge is 0.338 e. The van der Waals surface area contributed by atoms with E-state index in [0.29, 0.717) is 13.1 Å². The van der Waals surface area contributed by atoms with Crippen LogP contribution in [0.3, 0.4) is 0 Å². The van der Waals surface area contributed by atoms with Gasteiger partial charge in [-0.25, -0.2) is 13.1 Å². The highest BCUT2D eigenvalue weighted by molar-refractivity contribution is 7.88. The number of hydrogen-bond acceptors (Lipinski definition) is 5. The lowest BCUT2D eigenvalue weighted by molar-refractivity contribution is -0.133. The van der Waals surface area contributed by atoms with Crippen LogP contribution in [0.25, 0.3) is 0 Å². The van der Waals surface area contributed by atoms with Gasteiger partial charge in [0.25, 0.3) is 5.56 Å². The van der Waals surface area contributed by atoms with Gasteiger partial charge in [0, 0.05) is 38.4 Å². The van der Waals surface area contributed by atoms with E-state index in [4.69, 9.17) is 0 Å². The molecule has 1 amide bonds. The number of aromatic nitrogens is 2. The number of carbonyl (C=O) groups excluding carboxylic acids is 1. The van der Waals surface area contributed by atoms with Crippen LogP contribution in [0.1, 0.15) is 0 Å². The Labute approximate surface area is 116 Å². The zero-order valence-electron chi connectivity index (χ0n) is 11.1. The van der Waals surface area contributed by atoms with E-state index < -0.39 is 10.0 Å². The molecule has 1 aromatic heterocycles. The fraction of sp³-hybridized carbons (Fsp3) is 0.545. The summed E-state index contributed by atoms with van der Waals surface area (Å²) in [5.41, 5.74) is -0.337. The lowest BCUT2D eigenvalue weighted by atomic mass is 10.3. The van der Waals surface area contributed by atoms with Crippen molar-refractivity contribution in [2.75, 3.05) is 32.4 Å². The fourth-order valence-electron chi connectivity index (χ4n) is 2.00. The van der Waals surface area contributed by atoms with Crippen LogP contribution in [0.15, 0.2) is 23.1 Å². The van der Waals surface area contributed by atoms with Gasteiger partial charge < -0.3 is 4.90 Å². The van der Waals surface area contributed by atoms with Crippen molar-refractivity contribution in [3.05, 3.63) is 28.7 Å². The topological polar surface area (TPSA) is 92.6 Å². The summed E-state index contributed by atoms with van der Waals surface area (Å²) < 4.78 is 25.2. The van der Waals surface area contributed by atoms with E-state index in [0.717, 1.165) is 10.9 Å². The molecule has 0 saturated carbocycles. The van der Waals surface area contributed by atoms with Gasteiger partial charge in [-0.3, -0.25) is 9.59 Å². The van der Waals surface area contributed by atoms with Crippen molar-refractivity contribution in [2.24, 2.45) is 0 Å². The summed E-state index contributed by atoms with van der Waals surface area (Å²) in [4.78, 5) is 25.0. The maximum Gasteiger partial charge on any atom is 0.267 e. The third-order valence-corrected chi connectivity index (χ3v) is 4.43. The van der Waals surface area contributed by atoms with Crippen molar-refractivity contribution >= 4 is 15.9 Å². The van der Waals surface area contributed by atoms with Crippen molar-refractivity contribution < 1.29 is 13.2 Å². The molecule has 0 radical (unpaired) electrons. The van der Waals surface area contributed by atoms with Crippen molar-refractivity contribution in [1.82, 2.24) is 19.0 Å². The average molecular weight is 300 g/mol. The molecule has 1 fully saturated rings. The Balaban J connectivity index is 1.96. The van der Waals surface area contributed by atoms with Crippen molar-refractivity contribution in [3.63, 3.8) is 0 Å². The van der Waals surface area contributed by atoms with E-state index >= 15 is 0 Å². The molecule has 1 aliphatic rings. The molecule has 0 aromatic carbocycles. The molecule has 1 saturated heterocycles. The summed E-state index contributed by atoms with van der Waals surface area (Å²) in [5.74, 6) is -0.237. The number of rotatable bonds is 3. The number of nitrogens with zero attached hydrogens (tertiary/aromatic N) is 4. The van der Waals surface area contributed by atoms with Crippen LogP contribution in [0, 0.1) is 0 Å². The van der Waals surface area contributed by atoms with Gasteiger partial charge >= 0.3 is 0 Å². The maximum atomic E-state index is 12.0. The first-order valence-electron chi connectivity index (χ1n) is 6.13. The summed E-state index contributed by atoms with van der Waals surface area (Å²) in [6.07, 6.45) is 2.59. The predicted molar refractivity (Wildman–Crippen MR) is 71.5 cm³/mol. The Kier molecular flexibility index (Phi) is 4.19. The summed E-state index contributed by atoms with van der Waals surface area (Å²) in [7, 11) is -3.21. The molecule has 1 aromatic rings. The summed E-state index contributed by atoms with van der Waals surface area (Å²) in [5, 5.41) is 3.82. The number of sulfonamides is 1. The molecule has 0 atom stereocenters. The van der Waals surface area contributed by atoms with E-state index in [-0.39, 0.29) is 31.1 Å². The van der Waals surface area contributed by atoms with Crippen molar-refractivity contribution in [3.8, 4) is 0 Å².